The number of amides is 2. The minimum absolute atomic E-state index is 0.0170. The Labute approximate surface area is 187 Å². The van der Waals surface area contributed by atoms with Crippen molar-refractivity contribution < 1.29 is 23.9 Å². The second-order valence-electron chi connectivity index (χ2n) is 7.95. The number of hydrogen-bond acceptors (Lipinski definition) is 6. The van der Waals surface area contributed by atoms with Crippen LogP contribution in [0.5, 0.6) is 5.75 Å². The van der Waals surface area contributed by atoms with Crippen molar-refractivity contribution in [2.24, 2.45) is 0 Å². The van der Waals surface area contributed by atoms with Gasteiger partial charge in [-0.2, -0.15) is 0 Å². The highest BCUT2D eigenvalue weighted by Crippen LogP contribution is 2.31. The van der Waals surface area contributed by atoms with Gasteiger partial charge >= 0.3 is 5.97 Å². The molecule has 0 bridgehead atoms. The molecule has 2 heterocycles. The van der Waals surface area contributed by atoms with Crippen LogP contribution in [0.15, 0.2) is 42.5 Å². The van der Waals surface area contributed by atoms with Gasteiger partial charge in [0.25, 0.3) is 11.8 Å². The Morgan fingerprint density at radius 2 is 1.91 bits per heavy atom. The first-order valence-corrected chi connectivity index (χ1v) is 10.8. The molecule has 0 atom stereocenters. The molecule has 1 saturated heterocycles. The van der Waals surface area contributed by atoms with Gasteiger partial charge in [0.15, 0.2) is 13.2 Å². The lowest BCUT2D eigenvalue weighted by atomic mass is 10.1. The molecule has 2 amide bonds. The highest BCUT2D eigenvalue weighted by Gasteiger charge is 2.25. The molecule has 8 heteroatoms. The maximum Gasteiger partial charge on any atom is 0.308 e. The first kappa shape index (κ1) is 21.7. The SMILES string of the molecule is Cc1cc(N2CCCC2)ccc1NC(=O)COC(=O)CCN1C(=O)COc2ccccc21. The van der Waals surface area contributed by atoms with Crippen LogP contribution in [0.4, 0.5) is 17.1 Å². The summed E-state index contributed by atoms with van der Waals surface area (Å²) < 4.78 is 10.5. The third-order valence-electron chi connectivity index (χ3n) is 5.67. The van der Waals surface area contributed by atoms with Crippen LogP contribution in [0.25, 0.3) is 0 Å². The minimum atomic E-state index is -0.543. The third-order valence-corrected chi connectivity index (χ3v) is 5.67. The van der Waals surface area contributed by atoms with Crippen LogP contribution in [0.1, 0.15) is 24.8 Å². The lowest BCUT2D eigenvalue weighted by Gasteiger charge is -2.28. The summed E-state index contributed by atoms with van der Waals surface area (Å²) in [5, 5.41) is 2.79. The van der Waals surface area contributed by atoms with Gasteiger partial charge in [0.05, 0.1) is 12.1 Å². The van der Waals surface area contributed by atoms with Crippen LogP contribution >= 0.6 is 0 Å². The van der Waals surface area contributed by atoms with Gasteiger partial charge in [-0.3, -0.25) is 14.4 Å². The van der Waals surface area contributed by atoms with E-state index in [9.17, 15) is 14.4 Å². The summed E-state index contributed by atoms with van der Waals surface area (Å²) in [7, 11) is 0. The maximum atomic E-state index is 12.3. The molecule has 4 rings (SSSR count). The molecule has 168 valence electrons. The van der Waals surface area contributed by atoms with Crippen molar-refractivity contribution in [1.29, 1.82) is 0 Å². The fourth-order valence-corrected chi connectivity index (χ4v) is 3.97. The highest BCUT2D eigenvalue weighted by molar-refractivity contribution is 5.98. The van der Waals surface area contributed by atoms with Gasteiger partial charge < -0.3 is 24.6 Å². The highest BCUT2D eigenvalue weighted by atomic mass is 16.5. The zero-order valence-electron chi connectivity index (χ0n) is 18.1. The number of carbonyl (C=O) groups is 3. The number of para-hydroxylation sites is 2. The molecular formula is C24H27N3O5. The molecule has 2 aromatic rings. The topological polar surface area (TPSA) is 88.2 Å². The van der Waals surface area contributed by atoms with Crippen LogP contribution in [-0.4, -0.2) is 50.6 Å². The molecule has 0 spiro atoms. The van der Waals surface area contributed by atoms with Gasteiger partial charge in [0.2, 0.25) is 0 Å². The second kappa shape index (κ2) is 9.72. The van der Waals surface area contributed by atoms with Crippen molar-refractivity contribution in [3.63, 3.8) is 0 Å². The van der Waals surface area contributed by atoms with Crippen LogP contribution < -0.4 is 19.9 Å². The largest absolute Gasteiger partial charge is 0.482 e. The number of carbonyl (C=O) groups excluding carboxylic acids is 3. The minimum Gasteiger partial charge on any atom is -0.482 e. The normalized spacial score (nSPS) is 15.2. The molecule has 1 fully saturated rings. The molecule has 0 aliphatic carbocycles. The molecule has 0 saturated carbocycles. The average molecular weight is 437 g/mol. The number of nitrogens with zero attached hydrogens (tertiary/aromatic N) is 2. The molecule has 32 heavy (non-hydrogen) atoms. The average Bonchev–Trinajstić information content (AvgIpc) is 3.33. The molecule has 2 aliphatic rings. The summed E-state index contributed by atoms with van der Waals surface area (Å²) in [6, 6.07) is 13.1. The van der Waals surface area contributed by atoms with E-state index < -0.39 is 11.9 Å². The van der Waals surface area contributed by atoms with Crippen molar-refractivity contribution in [2.75, 3.05) is 48.0 Å². The number of hydrogen-bond donors (Lipinski definition) is 1. The second-order valence-corrected chi connectivity index (χ2v) is 7.95. The van der Waals surface area contributed by atoms with Crippen molar-refractivity contribution in [2.45, 2.75) is 26.2 Å². The van der Waals surface area contributed by atoms with Crippen LogP contribution in [0, 0.1) is 6.92 Å². The van der Waals surface area contributed by atoms with E-state index in [2.05, 4.69) is 16.3 Å². The van der Waals surface area contributed by atoms with Gasteiger partial charge in [0, 0.05) is 31.0 Å². The number of aryl methyl sites for hydroxylation is 1. The van der Waals surface area contributed by atoms with Gasteiger partial charge in [-0.05, 0) is 55.7 Å². The third kappa shape index (κ3) is 5.01. The van der Waals surface area contributed by atoms with Gasteiger partial charge in [-0.1, -0.05) is 12.1 Å². The zero-order chi connectivity index (χ0) is 22.5. The lowest BCUT2D eigenvalue weighted by molar-refractivity contribution is -0.147. The smallest absolute Gasteiger partial charge is 0.308 e. The summed E-state index contributed by atoms with van der Waals surface area (Å²) in [5.74, 6) is -0.561. The van der Waals surface area contributed by atoms with E-state index in [0.717, 1.165) is 24.3 Å². The Morgan fingerprint density at radius 1 is 1.12 bits per heavy atom. The number of ether oxygens (including phenoxy) is 2. The summed E-state index contributed by atoms with van der Waals surface area (Å²) in [6.07, 6.45) is 2.39. The first-order chi connectivity index (χ1) is 15.5. The predicted molar refractivity (Wildman–Crippen MR) is 121 cm³/mol. The summed E-state index contributed by atoms with van der Waals surface area (Å²) in [5.41, 5.74) is 3.44. The number of esters is 1. The van der Waals surface area contributed by atoms with Crippen molar-refractivity contribution >= 4 is 34.8 Å². The Bertz CT molecular complexity index is 1020. The number of benzene rings is 2. The fourth-order valence-electron chi connectivity index (χ4n) is 3.97. The number of rotatable bonds is 7. The molecular weight excluding hydrogens is 410 g/mol. The quantitative estimate of drug-likeness (QED) is 0.670. The van der Waals surface area contributed by atoms with Crippen LogP contribution in [-0.2, 0) is 19.1 Å². The Hall–Kier alpha value is -3.55. The van der Waals surface area contributed by atoms with Gasteiger partial charge in [-0.25, -0.2) is 0 Å². The standard InChI is InChI=1S/C24H27N3O5/c1-17-14-18(26-11-4-5-12-26)8-9-19(17)25-22(28)15-32-24(30)10-13-27-20-6-2-3-7-21(20)31-16-23(27)29/h2-3,6-9,14H,4-5,10-13,15-16H2,1H3,(H,25,28). The fraction of sp³-hybridized carbons (Fsp3) is 0.375. The van der Waals surface area contributed by atoms with Crippen LogP contribution in [0.2, 0.25) is 0 Å². The van der Waals surface area contributed by atoms with E-state index in [-0.39, 0.29) is 32.1 Å². The molecule has 0 aromatic heterocycles. The molecule has 8 nitrogen and oxygen atoms in total. The Kier molecular flexibility index (Phi) is 6.58. The zero-order valence-corrected chi connectivity index (χ0v) is 18.1. The summed E-state index contributed by atoms with van der Waals surface area (Å²) in [6.45, 7) is 3.78. The van der Waals surface area contributed by atoms with E-state index in [1.807, 2.05) is 25.1 Å². The van der Waals surface area contributed by atoms with Gasteiger partial charge in [-0.15, -0.1) is 0 Å². The first-order valence-electron chi connectivity index (χ1n) is 10.8. The molecule has 0 radical (unpaired) electrons. The van der Waals surface area contributed by atoms with Crippen molar-refractivity contribution in [3.8, 4) is 5.75 Å². The summed E-state index contributed by atoms with van der Waals surface area (Å²) in [4.78, 5) is 40.4. The molecule has 2 aliphatic heterocycles. The molecule has 2 aromatic carbocycles. The van der Waals surface area contributed by atoms with Crippen LogP contribution in [0.3, 0.4) is 0 Å². The Balaban J connectivity index is 1.25. The van der Waals surface area contributed by atoms with Crippen molar-refractivity contribution in [1.82, 2.24) is 0 Å². The number of fused-ring (bicyclic) bond motifs is 1. The Morgan fingerprint density at radius 3 is 2.69 bits per heavy atom. The van der Waals surface area contributed by atoms with E-state index >= 15 is 0 Å². The molecule has 1 N–H and O–H groups in total. The number of anilines is 3. The van der Waals surface area contributed by atoms with Gasteiger partial charge in [0.1, 0.15) is 5.75 Å². The van der Waals surface area contributed by atoms with E-state index in [4.69, 9.17) is 9.47 Å². The molecule has 0 unspecified atom stereocenters. The van der Waals surface area contributed by atoms with Crippen molar-refractivity contribution in [3.05, 3.63) is 48.0 Å². The monoisotopic (exact) mass is 437 g/mol. The lowest BCUT2D eigenvalue weighted by Crippen LogP contribution is -2.40. The van der Waals surface area contributed by atoms with E-state index in [1.54, 1.807) is 18.2 Å². The van der Waals surface area contributed by atoms with E-state index in [0.29, 0.717) is 17.1 Å². The summed E-state index contributed by atoms with van der Waals surface area (Å²) >= 11 is 0. The van der Waals surface area contributed by atoms with E-state index in [1.165, 1.54) is 17.7 Å². The maximum absolute atomic E-state index is 12.3. The number of nitrogens with one attached hydrogen (secondary N) is 1. The predicted octanol–water partition coefficient (Wildman–Crippen LogP) is 2.89.